The summed E-state index contributed by atoms with van der Waals surface area (Å²) in [7, 11) is -3.26. The fraction of sp³-hybridized carbons (Fsp3) is 0.455. The van der Waals surface area contributed by atoms with Crippen LogP contribution in [0.4, 0.5) is 0 Å². The molecule has 0 aliphatic rings. The Labute approximate surface area is 101 Å². The quantitative estimate of drug-likeness (QED) is 0.845. The van der Waals surface area contributed by atoms with Gasteiger partial charge in [0, 0.05) is 11.2 Å². The Morgan fingerprint density at radius 3 is 2.25 bits per heavy atom. The molecule has 90 valence electrons. The molecule has 0 aliphatic carbocycles. The highest BCUT2D eigenvalue weighted by Gasteiger charge is 2.20. The summed E-state index contributed by atoms with van der Waals surface area (Å²) in [6.07, 6.45) is 3.00. The first kappa shape index (κ1) is 13.5. The second-order valence-electron chi connectivity index (χ2n) is 4.20. The Morgan fingerprint density at radius 2 is 1.88 bits per heavy atom. The lowest BCUT2D eigenvalue weighted by Crippen LogP contribution is -2.16. The molecule has 1 N–H and O–H groups in total. The molecule has 1 rings (SSSR count). The molecule has 0 bridgehead atoms. The highest BCUT2D eigenvalue weighted by atomic mass is 32.2. The van der Waals surface area contributed by atoms with E-state index in [9.17, 15) is 13.5 Å². The third kappa shape index (κ3) is 2.99. The molecule has 1 aromatic carbocycles. The Hall–Kier alpha value is -0.520. The minimum atomic E-state index is -3.26. The van der Waals surface area contributed by atoms with Crippen molar-refractivity contribution in [1.82, 2.24) is 0 Å². The molecular weight excluding hydrogens is 244 g/mol. The summed E-state index contributed by atoms with van der Waals surface area (Å²) in [4.78, 5) is 0.982. The highest BCUT2D eigenvalue weighted by Crippen LogP contribution is 2.29. The Balaban J connectivity index is 3.46. The monoisotopic (exact) mass is 260 g/mol. The molecule has 1 aromatic rings. The second-order valence-corrected chi connectivity index (χ2v) is 7.03. The average Bonchev–Trinajstić information content (AvgIpc) is 2.14. The zero-order valence-electron chi connectivity index (χ0n) is 9.81. The van der Waals surface area contributed by atoms with E-state index in [-0.39, 0.29) is 4.90 Å². The van der Waals surface area contributed by atoms with Crippen LogP contribution in [0.2, 0.25) is 0 Å². The molecule has 16 heavy (non-hydrogen) atoms. The first-order valence-electron chi connectivity index (χ1n) is 4.77. The number of aliphatic hydroxyl groups is 1. The summed E-state index contributed by atoms with van der Waals surface area (Å²) in [5.41, 5.74) is -0.429. The first-order valence-corrected chi connectivity index (χ1v) is 7.89. The van der Waals surface area contributed by atoms with Gasteiger partial charge in [-0.05, 0) is 37.8 Å². The normalized spacial score (nSPS) is 12.8. The van der Waals surface area contributed by atoms with E-state index in [1.165, 1.54) is 18.0 Å². The summed E-state index contributed by atoms with van der Waals surface area (Å²) < 4.78 is 23.2. The summed E-state index contributed by atoms with van der Waals surface area (Å²) in [6, 6.07) is 5.02. The van der Waals surface area contributed by atoms with Crippen LogP contribution >= 0.6 is 11.8 Å². The third-order valence-electron chi connectivity index (χ3n) is 2.27. The Kier molecular flexibility index (Phi) is 3.72. The van der Waals surface area contributed by atoms with E-state index in [0.29, 0.717) is 10.5 Å². The molecule has 3 nitrogen and oxygen atoms in total. The molecule has 0 heterocycles. The van der Waals surface area contributed by atoms with Crippen molar-refractivity contribution in [2.45, 2.75) is 29.2 Å². The molecule has 5 heteroatoms. The first-order chi connectivity index (χ1) is 7.16. The van der Waals surface area contributed by atoms with Crippen LogP contribution in [0.15, 0.2) is 28.0 Å². The van der Waals surface area contributed by atoms with Crippen molar-refractivity contribution in [3.05, 3.63) is 23.8 Å². The number of rotatable bonds is 3. The van der Waals surface area contributed by atoms with E-state index in [1.807, 2.05) is 6.26 Å². The lowest BCUT2D eigenvalue weighted by atomic mass is 9.99. The summed E-state index contributed by atoms with van der Waals surface area (Å²) in [6.45, 7) is 3.26. The van der Waals surface area contributed by atoms with Crippen LogP contribution in [0, 0.1) is 0 Å². The molecule has 0 atom stereocenters. The highest BCUT2D eigenvalue weighted by molar-refractivity contribution is 7.99. The van der Waals surface area contributed by atoms with Crippen LogP contribution < -0.4 is 0 Å². The Bertz CT molecular complexity index is 484. The summed E-state index contributed by atoms with van der Waals surface area (Å²) in [5.74, 6) is 0. The van der Waals surface area contributed by atoms with Gasteiger partial charge in [-0.25, -0.2) is 8.42 Å². The van der Waals surface area contributed by atoms with Gasteiger partial charge in [-0.2, -0.15) is 0 Å². The fourth-order valence-corrected chi connectivity index (χ4v) is 3.29. The molecule has 0 spiro atoms. The van der Waals surface area contributed by atoms with Crippen LogP contribution in [0.25, 0.3) is 0 Å². The van der Waals surface area contributed by atoms with Gasteiger partial charge in [0.25, 0.3) is 0 Å². The van der Waals surface area contributed by atoms with Crippen molar-refractivity contribution in [3.8, 4) is 0 Å². The maximum absolute atomic E-state index is 11.6. The number of hydrogen-bond donors (Lipinski definition) is 1. The lowest BCUT2D eigenvalue weighted by molar-refractivity contribution is 0.0783. The molecule has 0 aromatic heterocycles. The minimum absolute atomic E-state index is 0.277. The zero-order chi connectivity index (χ0) is 12.6. The molecule has 0 aliphatic heterocycles. The predicted molar refractivity (Wildman–Crippen MR) is 66.6 cm³/mol. The number of benzene rings is 1. The van der Waals surface area contributed by atoms with Crippen molar-refractivity contribution < 1.29 is 13.5 Å². The molecule has 0 saturated carbocycles. The van der Waals surface area contributed by atoms with Crippen molar-refractivity contribution in [3.63, 3.8) is 0 Å². The van der Waals surface area contributed by atoms with Gasteiger partial charge in [-0.15, -0.1) is 11.8 Å². The van der Waals surface area contributed by atoms with Crippen LogP contribution in [-0.4, -0.2) is 26.0 Å². The van der Waals surface area contributed by atoms with Gasteiger partial charge in [0.1, 0.15) is 0 Å². The van der Waals surface area contributed by atoms with E-state index in [4.69, 9.17) is 0 Å². The van der Waals surface area contributed by atoms with Crippen LogP contribution in [0.5, 0.6) is 0 Å². The van der Waals surface area contributed by atoms with Gasteiger partial charge in [0.15, 0.2) is 9.84 Å². The predicted octanol–water partition coefficient (Wildman–Crippen LogP) is 2.04. The molecule has 0 amide bonds. The maximum Gasteiger partial charge on any atom is 0.176 e. The summed E-state index contributed by atoms with van der Waals surface area (Å²) >= 11 is 1.38. The van der Waals surface area contributed by atoms with Crippen molar-refractivity contribution in [1.29, 1.82) is 0 Å². The largest absolute Gasteiger partial charge is 0.386 e. The summed E-state index contributed by atoms with van der Waals surface area (Å²) in [5, 5.41) is 9.84. The third-order valence-corrected chi connectivity index (χ3v) is 4.33. The topological polar surface area (TPSA) is 54.4 Å². The van der Waals surface area contributed by atoms with Gasteiger partial charge in [-0.3, -0.25) is 0 Å². The van der Waals surface area contributed by atoms with E-state index >= 15 is 0 Å². The standard InChI is InChI=1S/C11H16O3S2/c1-11(2,12)8-5-6-9(15-3)10(7-8)16(4,13)14/h5-7,12H,1-4H3. The average molecular weight is 260 g/mol. The lowest BCUT2D eigenvalue weighted by Gasteiger charge is -2.19. The van der Waals surface area contributed by atoms with Gasteiger partial charge in [-0.1, -0.05) is 6.07 Å². The van der Waals surface area contributed by atoms with Gasteiger partial charge >= 0.3 is 0 Å². The zero-order valence-corrected chi connectivity index (χ0v) is 11.4. The van der Waals surface area contributed by atoms with E-state index in [1.54, 1.807) is 32.0 Å². The van der Waals surface area contributed by atoms with Crippen LogP contribution in [0.1, 0.15) is 19.4 Å². The number of thioether (sulfide) groups is 1. The van der Waals surface area contributed by atoms with Crippen LogP contribution in [-0.2, 0) is 15.4 Å². The molecule has 0 unspecified atom stereocenters. The fourth-order valence-electron chi connectivity index (χ4n) is 1.35. The van der Waals surface area contributed by atoms with E-state index in [2.05, 4.69) is 0 Å². The van der Waals surface area contributed by atoms with E-state index < -0.39 is 15.4 Å². The minimum Gasteiger partial charge on any atom is -0.386 e. The number of sulfone groups is 1. The Morgan fingerprint density at radius 1 is 1.31 bits per heavy atom. The van der Waals surface area contributed by atoms with Gasteiger partial charge in [0.05, 0.1) is 10.5 Å². The van der Waals surface area contributed by atoms with Crippen molar-refractivity contribution in [2.24, 2.45) is 0 Å². The molecule has 0 radical (unpaired) electrons. The maximum atomic E-state index is 11.6. The smallest absolute Gasteiger partial charge is 0.176 e. The SMILES string of the molecule is CSc1ccc(C(C)(C)O)cc1S(C)(=O)=O. The second kappa shape index (κ2) is 4.39. The van der Waals surface area contributed by atoms with Crippen LogP contribution in [0.3, 0.4) is 0 Å². The molecule has 0 fully saturated rings. The van der Waals surface area contributed by atoms with Gasteiger partial charge < -0.3 is 5.11 Å². The molecular formula is C11H16O3S2. The van der Waals surface area contributed by atoms with Crippen molar-refractivity contribution in [2.75, 3.05) is 12.5 Å². The van der Waals surface area contributed by atoms with Gasteiger partial charge in [0.2, 0.25) is 0 Å². The number of hydrogen-bond acceptors (Lipinski definition) is 4. The molecule has 0 saturated heterocycles. The van der Waals surface area contributed by atoms with E-state index in [0.717, 1.165) is 0 Å². The van der Waals surface area contributed by atoms with Crippen molar-refractivity contribution >= 4 is 21.6 Å².